The molecule has 0 aromatic carbocycles. The third-order valence-corrected chi connectivity index (χ3v) is 8.96. The maximum absolute atomic E-state index is 11.5. The average molecular weight is 359 g/mol. The summed E-state index contributed by atoms with van der Waals surface area (Å²) in [6.07, 6.45) is 1.66. The minimum absolute atomic E-state index is 0.0317. The van der Waals surface area contributed by atoms with Crippen molar-refractivity contribution in [3.8, 4) is 0 Å². The lowest BCUT2D eigenvalue weighted by atomic mass is 10.1. The zero-order valence-corrected chi connectivity index (χ0v) is 16.9. The molecule has 0 radical (unpaired) electrons. The van der Waals surface area contributed by atoms with E-state index in [0.29, 0.717) is 6.29 Å². The SMILES string of the molecule is COC(=O)/C=C\[C@@H](O[Si](C)(C)C(C)(C)C)[C@@H]1OC(C)(C)O[C@@H]1C=O. The lowest BCUT2D eigenvalue weighted by Crippen LogP contribution is -2.48. The van der Waals surface area contributed by atoms with E-state index < -0.39 is 38.4 Å². The predicted octanol–water partition coefficient (Wildman–Crippen LogP) is 2.83. The lowest BCUT2D eigenvalue weighted by Gasteiger charge is -2.40. The highest BCUT2D eigenvalue weighted by atomic mass is 28.4. The fourth-order valence-corrected chi connectivity index (χ4v) is 3.40. The molecular formula is C17H30O6Si. The molecule has 7 heteroatoms. The maximum atomic E-state index is 11.5. The minimum atomic E-state index is -2.16. The van der Waals surface area contributed by atoms with Crippen molar-refractivity contribution in [1.29, 1.82) is 0 Å². The first kappa shape index (κ1) is 21.0. The molecule has 1 saturated heterocycles. The van der Waals surface area contributed by atoms with Gasteiger partial charge in [0.05, 0.1) is 13.2 Å². The Balaban J connectivity index is 3.12. The molecule has 24 heavy (non-hydrogen) atoms. The topological polar surface area (TPSA) is 71.1 Å². The Labute approximate surface area is 145 Å². The molecule has 0 bridgehead atoms. The third-order valence-electron chi connectivity index (χ3n) is 4.48. The van der Waals surface area contributed by atoms with Crippen LogP contribution in [0.4, 0.5) is 0 Å². The van der Waals surface area contributed by atoms with Gasteiger partial charge >= 0.3 is 5.97 Å². The monoisotopic (exact) mass is 358 g/mol. The van der Waals surface area contributed by atoms with E-state index in [2.05, 4.69) is 38.6 Å². The van der Waals surface area contributed by atoms with E-state index in [4.69, 9.17) is 13.9 Å². The molecule has 1 heterocycles. The van der Waals surface area contributed by atoms with Crippen molar-refractivity contribution in [3.63, 3.8) is 0 Å². The number of aldehydes is 1. The number of esters is 1. The fourth-order valence-electron chi connectivity index (χ4n) is 2.15. The Morgan fingerprint density at radius 3 is 2.29 bits per heavy atom. The van der Waals surface area contributed by atoms with Gasteiger partial charge < -0.3 is 23.4 Å². The van der Waals surface area contributed by atoms with Crippen LogP contribution in [0, 0.1) is 0 Å². The van der Waals surface area contributed by atoms with E-state index >= 15 is 0 Å². The van der Waals surface area contributed by atoms with Crippen molar-refractivity contribution in [2.24, 2.45) is 0 Å². The molecule has 0 spiro atoms. The molecule has 0 N–H and O–H groups in total. The van der Waals surface area contributed by atoms with Crippen molar-refractivity contribution >= 4 is 20.6 Å². The molecule has 0 unspecified atom stereocenters. The van der Waals surface area contributed by atoms with E-state index in [-0.39, 0.29) is 5.04 Å². The summed E-state index contributed by atoms with van der Waals surface area (Å²) in [6.45, 7) is 14.0. The number of carbonyl (C=O) groups excluding carboxylic acids is 2. The van der Waals surface area contributed by atoms with Crippen LogP contribution >= 0.6 is 0 Å². The quantitative estimate of drug-likeness (QED) is 0.315. The predicted molar refractivity (Wildman–Crippen MR) is 93.1 cm³/mol. The number of methoxy groups -OCH3 is 1. The van der Waals surface area contributed by atoms with Crippen LogP contribution in [-0.2, 0) is 28.2 Å². The smallest absolute Gasteiger partial charge is 0.330 e. The third kappa shape index (κ3) is 5.24. The molecule has 0 aromatic rings. The standard InChI is InChI=1S/C17H30O6Si/c1-16(2,3)24(7,8)23-12(9-10-14(19)20-6)15-13(11-18)21-17(4,5)22-15/h9-13,15H,1-8H3/b10-9-/t12-,13-,15+/m1/s1. The van der Waals surface area contributed by atoms with Crippen molar-refractivity contribution in [2.75, 3.05) is 7.11 Å². The van der Waals surface area contributed by atoms with Crippen molar-refractivity contribution in [3.05, 3.63) is 12.2 Å². The fraction of sp³-hybridized carbons (Fsp3) is 0.765. The molecule has 1 rings (SSSR count). The number of rotatable bonds is 6. The van der Waals surface area contributed by atoms with Crippen LogP contribution in [0.3, 0.4) is 0 Å². The summed E-state index contributed by atoms with van der Waals surface area (Å²) in [5.74, 6) is -1.37. The van der Waals surface area contributed by atoms with Crippen LogP contribution in [0.1, 0.15) is 34.6 Å². The summed E-state index contributed by atoms with van der Waals surface area (Å²) in [4.78, 5) is 22.9. The van der Waals surface area contributed by atoms with Gasteiger partial charge in [0.2, 0.25) is 0 Å². The molecule has 0 aliphatic carbocycles. The Morgan fingerprint density at radius 2 is 1.83 bits per heavy atom. The zero-order chi connectivity index (χ0) is 18.8. The summed E-state index contributed by atoms with van der Waals surface area (Å²) >= 11 is 0. The van der Waals surface area contributed by atoms with Gasteiger partial charge in [-0.05, 0) is 38.1 Å². The molecular weight excluding hydrogens is 328 g/mol. The summed E-state index contributed by atoms with van der Waals surface area (Å²) in [5, 5.41) is -0.0317. The van der Waals surface area contributed by atoms with Crippen LogP contribution in [-0.4, -0.2) is 51.8 Å². The molecule has 0 aromatic heterocycles. The normalized spacial score (nSPS) is 25.7. The van der Waals surface area contributed by atoms with Gasteiger partial charge in [-0.3, -0.25) is 0 Å². The first-order valence-corrected chi connectivity index (χ1v) is 11.0. The van der Waals surface area contributed by atoms with Gasteiger partial charge in [0, 0.05) is 6.08 Å². The van der Waals surface area contributed by atoms with E-state index in [9.17, 15) is 9.59 Å². The minimum Gasteiger partial charge on any atom is -0.466 e. The molecule has 0 amide bonds. The maximum Gasteiger partial charge on any atom is 0.330 e. The Bertz CT molecular complexity index is 492. The Hall–Kier alpha value is -1.02. The molecule has 1 aliphatic heterocycles. The van der Waals surface area contributed by atoms with Crippen LogP contribution in [0.25, 0.3) is 0 Å². The largest absolute Gasteiger partial charge is 0.466 e. The molecule has 1 fully saturated rings. The highest BCUT2D eigenvalue weighted by Gasteiger charge is 2.48. The first-order chi connectivity index (χ1) is 10.8. The number of hydrogen-bond donors (Lipinski definition) is 0. The van der Waals surface area contributed by atoms with Crippen LogP contribution in [0.15, 0.2) is 12.2 Å². The molecule has 1 aliphatic rings. The van der Waals surface area contributed by atoms with Crippen molar-refractivity contribution < 1.29 is 28.2 Å². The zero-order valence-electron chi connectivity index (χ0n) is 15.9. The highest BCUT2D eigenvalue weighted by molar-refractivity contribution is 6.74. The molecule has 0 saturated carbocycles. The second-order valence-electron chi connectivity index (χ2n) is 7.93. The van der Waals surface area contributed by atoms with E-state index in [1.165, 1.54) is 13.2 Å². The summed E-state index contributed by atoms with van der Waals surface area (Å²) in [5.41, 5.74) is 0. The summed E-state index contributed by atoms with van der Waals surface area (Å²) in [7, 11) is -0.853. The van der Waals surface area contributed by atoms with Gasteiger partial charge in [-0.2, -0.15) is 0 Å². The van der Waals surface area contributed by atoms with Gasteiger partial charge in [-0.25, -0.2) is 4.79 Å². The van der Waals surface area contributed by atoms with Crippen LogP contribution < -0.4 is 0 Å². The van der Waals surface area contributed by atoms with Gasteiger partial charge in [0.1, 0.15) is 12.2 Å². The van der Waals surface area contributed by atoms with Gasteiger partial charge in [0.25, 0.3) is 0 Å². The highest BCUT2D eigenvalue weighted by Crippen LogP contribution is 2.39. The molecule has 138 valence electrons. The molecule has 3 atom stereocenters. The van der Waals surface area contributed by atoms with E-state index in [1.807, 2.05) is 0 Å². The lowest BCUT2D eigenvalue weighted by molar-refractivity contribution is -0.154. The molecule has 6 nitrogen and oxygen atoms in total. The van der Waals surface area contributed by atoms with Crippen LogP contribution in [0.2, 0.25) is 18.1 Å². The second-order valence-corrected chi connectivity index (χ2v) is 12.7. The Kier molecular flexibility index (Phi) is 6.54. The summed E-state index contributed by atoms with van der Waals surface area (Å²) < 4.78 is 22.5. The number of hydrogen-bond acceptors (Lipinski definition) is 6. The first-order valence-electron chi connectivity index (χ1n) is 8.08. The average Bonchev–Trinajstić information content (AvgIpc) is 2.76. The van der Waals surface area contributed by atoms with Crippen molar-refractivity contribution in [1.82, 2.24) is 0 Å². The number of ether oxygens (including phenoxy) is 3. The van der Waals surface area contributed by atoms with E-state index in [1.54, 1.807) is 19.9 Å². The van der Waals surface area contributed by atoms with Gasteiger partial charge in [-0.15, -0.1) is 0 Å². The Morgan fingerprint density at radius 1 is 1.25 bits per heavy atom. The summed E-state index contributed by atoms with van der Waals surface area (Å²) in [6, 6.07) is 0. The van der Waals surface area contributed by atoms with E-state index in [0.717, 1.165) is 0 Å². The second kappa shape index (κ2) is 7.47. The van der Waals surface area contributed by atoms with Gasteiger partial charge in [-0.1, -0.05) is 20.8 Å². The number of carbonyl (C=O) groups is 2. The van der Waals surface area contributed by atoms with Gasteiger partial charge in [0.15, 0.2) is 20.4 Å². The van der Waals surface area contributed by atoms with Crippen LogP contribution in [0.5, 0.6) is 0 Å². The van der Waals surface area contributed by atoms with Crippen molar-refractivity contribution in [2.45, 2.75) is 76.8 Å².